The molecule has 0 bridgehead atoms. The van der Waals surface area contributed by atoms with E-state index in [1.807, 2.05) is 6.92 Å². The van der Waals surface area contributed by atoms with Gasteiger partial charge in [-0.1, -0.05) is 6.92 Å². The monoisotopic (exact) mass is 258 g/mol. The van der Waals surface area contributed by atoms with Gasteiger partial charge in [-0.2, -0.15) is 0 Å². The molecule has 0 aromatic rings. The van der Waals surface area contributed by atoms with Crippen molar-refractivity contribution < 1.29 is 14.6 Å². The van der Waals surface area contributed by atoms with Gasteiger partial charge in [0.15, 0.2) is 0 Å². The topological polar surface area (TPSA) is 70.6 Å². The van der Waals surface area contributed by atoms with Crippen LogP contribution in [0.25, 0.3) is 0 Å². The van der Waals surface area contributed by atoms with Gasteiger partial charge in [0.25, 0.3) is 0 Å². The fourth-order valence-electron chi connectivity index (χ4n) is 2.11. The van der Waals surface area contributed by atoms with Gasteiger partial charge in [0.05, 0.1) is 12.7 Å². The van der Waals surface area contributed by atoms with Crippen molar-refractivity contribution in [1.29, 1.82) is 0 Å². The van der Waals surface area contributed by atoms with Gasteiger partial charge in [0, 0.05) is 19.1 Å². The molecule has 106 valence electrons. The molecule has 0 aliphatic carbocycles. The highest BCUT2D eigenvalue weighted by Gasteiger charge is 2.14. The highest BCUT2D eigenvalue weighted by molar-refractivity contribution is 5.76. The first-order chi connectivity index (χ1) is 8.76. The standard InChI is InChI=1S/C13H26N2O3/c1-2-11(5-9-16)15-13(17)6-10-18-12-3-7-14-8-4-12/h11-12,14,16H,2-10H2,1H3,(H,15,17). The molecule has 18 heavy (non-hydrogen) atoms. The third-order valence-corrected chi connectivity index (χ3v) is 3.30. The molecule has 1 aliphatic rings. The quantitative estimate of drug-likeness (QED) is 0.590. The Hall–Kier alpha value is -0.650. The Balaban J connectivity index is 2.08. The summed E-state index contributed by atoms with van der Waals surface area (Å²) in [7, 11) is 0. The Morgan fingerprint density at radius 1 is 1.50 bits per heavy atom. The van der Waals surface area contributed by atoms with Crippen molar-refractivity contribution >= 4 is 5.91 Å². The Morgan fingerprint density at radius 2 is 2.22 bits per heavy atom. The molecule has 0 aromatic carbocycles. The van der Waals surface area contributed by atoms with E-state index < -0.39 is 0 Å². The first-order valence-corrected chi connectivity index (χ1v) is 6.98. The third-order valence-electron chi connectivity index (χ3n) is 3.30. The van der Waals surface area contributed by atoms with Crippen LogP contribution in [0.2, 0.25) is 0 Å². The molecule has 1 unspecified atom stereocenters. The highest BCUT2D eigenvalue weighted by atomic mass is 16.5. The van der Waals surface area contributed by atoms with E-state index in [2.05, 4.69) is 10.6 Å². The average Bonchev–Trinajstić information content (AvgIpc) is 2.39. The molecule has 1 heterocycles. The van der Waals surface area contributed by atoms with Crippen LogP contribution in [0.5, 0.6) is 0 Å². The van der Waals surface area contributed by atoms with E-state index in [4.69, 9.17) is 9.84 Å². The van der Waals surface area contributed by atoms with Crippen molar-refractivity contribution in [3.63, 3.8) is 0 Å². The summed E-state index contributed by atoms with van der Waals surface area (Å²) in [4.78, 5) is 11.6. The summed E-state index contributed by atoms with van der Waals surface area (Å²) in [5.41, 5.74) is 0. The Morgan fingerprint density at radius 3 is 2.83 bits per heavy atom. The maximum atomic E-state index is 11.6. The first kappa shape index (κ1) is 15.4. The van der Waals surface area contributed by atoms with E-state index in [0.29, 0.717) is 25.6 Å². The number of aliphatic hydroxyl groups excluding tert-OH is 1. The van der Waals surface area contributed by atoms with Crippen LogP contribution in [0, 0.1) is 0 Å². The fourth-order valence-corrected chi connectivity index (χ4v) is 2.11. The molecule has 0 radical (unpaired) electrons. The molecule has 1 aliphatic heterocycles. The minimum Gasteiger partial charge on any atom is -0.396 e. The fraction of sp³-hybridized carbons (Fsp3) is 0.923. The van der Waals surface area contributed by atoms with Gasteiger partial charge in [-0.3, -0.25) is 4.79 Å². The summed E-state index contributed by atoms with van der Waals surface area (Å²) >= 11 is 0. The molecular formula is C13H26N2O3. The number of aliphatic hydroxyl groups is 1. The summed E-state index contributed by atoms with van der Waals surface area (Å²) < 4.78 is 5.68. The lowest BCUT2D eigenvalue weighted by Gasteiger charge is -2.23. The lowest BCUT2D eigenvalue weighted by molar-refractivity contribution is -0.123. The van der Waals surface area contributed by atoms with Crippen LogP contribution in [-0.2, 0) is 9.53 Å². The number of nitrogens with one attached hydrogen (secondary N) is 2. The molecule has 1 saturated heterocycles. The van der Waals surface area contributed by atoms with E-state index in [1.165, 1.54) is 0 Å². The second-order valence-corrected chi connectivity index (χ2v) is 4.76. The summed E-state index contributed by atoms with van der Waals surface area (Å²) in [6, 6.07) is 0.0846. The number of rotatable bonds is 8. The van der Waals surface area contributed by atoms with E-state index >= 15 is 0 Å². The lowest BCUT2D eigenvalue weighted by atomic mass is 10.1. The molecule has 5 heteroatoms. The predicted molar refractivity (Wildman–Crippen MR) is 70.4 cm³/mol. The maximum absolute atomic E-state index is 11.6. The first-order valence-electron chi connectivity index (χ1n) is 6.98. The number of hydrogen-bond donors (Lipinski definition) is 3. The van der Waals surface area contributed by atoms with Crippen molar-refractivity contribution in [2.45, 2.75) is 51.2 Å². The van der Waals surface area contributed by atoms with Crippen molar-refractivity contribution in [1.82, 2.24) is 10.6 Å². The van der Waals surface area contributed by atoms with Crippen LogP contribution < -0.4 is 10.6 Å². The van der Waals surface area contributed by atoms with E-state index in [9.17, 15) is 4.79 Å². The molecule has 0 spiro atoms. The van der Waals surface area contributed by atoms with Gasteiger partial charge in [-0.25, -0.2) is 0 Å². The number of piperidine rings is 1. The van der Waals surface area contributed by atoms with Crippen LogP contribution in [0.3, 0.4) is 0 Å². The molecule has 1 atom stereocenters. The number of ether oxygens (including phenoxy) is 1. The molecule has 1 amide bonds. The van der Waals surface area contributed by atoms with Crippen molar-refractivity contribution in [3.8, 4) is 0 Å². The molecule has 0 aromatic heterocycles. The predicted octanol–water partition coefficient (Wildman–Crippen LogP) is 0.422. The van der Waals surface area contributed by atoms with Crippen molar-refractivity contribution in [3.05, 3.63) is 0 Å². The van der Waals surface area contributed by atoms with Gasteiger partial charge in [-0.15, -0.1) is 0 Å². The molecule has 5 nitrogen and oxygen atoms in total. The van der Waals surface area contributed by atoms with Gasteiger partial charge in [0.1, 0.15) is 0 Å². The van der Waals surface area contributed by atoms with Crippen LogP contribution >= 0.6 is 0 Å². The molecule has 1 rings (SSSR count). The average molecular weight is 258 g/mol. The third kappa shape index (κ3) is 6.33. The second-order valence-electron chi connectivity index (χ2n) is 4.76. The minimum absolute atomic E-state index is 0.0178. The second kappa shape index (κ2) is 9.30. The normalized spacial score (nSPS) is 18.6. The van der Waals surface area contributed by atoms with E-state index in [0.717, 1.165) is 32.4 Å². The summed E-state index contributed by atoms with van der Waals surface area (Å²) in [6.45, 7) is 4.62. The summed E-state index contributed by atoms with van der Waals surface area (Å²) in [5, 5.41) is 15.0. The molecule has 1 fully saturated rings. The van der Waals surface area contributed by atoms with Crippen LogP contribution in [0.1, 0.15) is 39.0 Å². The number of carbonyl (C=O) groups is 1. The zero-order chi connectivity index (χ0) is 13.2. The van der Waals surface area contributed by atoms with Gasteiger partial charge >= 0.3 is 0 Å². The Bertz CT molecular complexity index is 230. The number of amides is 1. The Labute approximate surface area is 109 Å². The van der Waals surface area contributed by atoms with Crippen molar-refractivity contribution in [2.75, 3.05) is 26.3 Å². The van der Waals surface area contributed by atoms with Gasteiger partial charge in [0.2, 0.25) is 5.91 Å². The summed E-state index contributed by atoms with van der Waals surface area (Å²) in [6.07, 6.45) is 4.25. The maximum Gasteiger partial charge on any atom is 0.222 e. The Kier molecular flexibility index (Phi) is 7.96. The van der Waals surface area contributed by atoms with Crippen LogP contribution in [-0.4, -0.2) is 49.5 Å². The van der Waals surface area contributed by atoms with Gasteiger partial charge < -0.3 is 20.5 Å². The smallest absolute Gasteiger partial charge is 0.222 e. The highest BCUT2D eigenvalue weighted by Crippen LogP contribution is 2.07. The number of hydrogen-bond acceptors (Lipinski definition) is 4. The zero-order valence-electron chi connectivity index (χ0n) is 11.3. The lowest BCUT2D eigenvalue weighted by Crippen LogP contribution is -2.36. The molecule has 0 saturated carbocycles. The minimum atomic E-state index is 0.0178. The van der Waals surface area contributed by atoms with Gasteiger partial charge in [-0.05, 0) is 38.8 Å². The SMILES string of the molecule is CCC(CCO)NC(=O)CCOC1CCNCC1. The van der Waals surface area contributed by atoms with E-state index in [1.54, 1.807) is 0 Å². The van der Waals surface area contributed by atoms with Crippen molar-refractivity contribution in [2.24, 2.45) is 0 Å². The largest absolute Gasteiger partial charge is 0.396 e. The van der Waals surface area contributed by atoms with Crippen LogP contribution in [0.15, 0.2) is 0 Å². The molecule has 3 N–H and O–H groups in total. The summed E-state index contributed by atoms with van der Waals surface area (Å²) in [5.74, 6) is 0.0178. The number of carbonyl (C=O) groups excluding carboxylic acids is 1. The zero-order valence-corrected chi connectivity index (χ0v) is 11.3. The van der Waals surface area contributed by atoms with E-state index in [-0.39, 0.29) is 18.6 Å². The van der Waals surface area contributed by atoms with Crippen LogP contribution in [0.4, 0.5) is 0 Å². The molecular weight excluding hydrogens is 232 g/mol.